The Bertz CT molecular complexity index is 1150. The van der Waals surface area contributed by atoms with Crippen LogP contribution in [0.15, 0.2) is 30.3 Å². The molecule has 3 rings (SSSR count). The molecule has 33 heavy (non-hydrogen) atoms. The Balaban J connectivity index is 0.00000385. The van der Waals surface area contributed by atoms with E-state index in [0.29, 0.717) is 40.3 Å². The average molecular weight is 495 g/mol. The Hall–Kier alpha value is -2.55. The van der Waals surface area contributed by atoms with Crippen molar-refractivity contribution in [3.63, 3.8) is 0 Å². The van der Waals surface area contributed by atoms with Gasteiger partial charge in [-0.3, -0.25) is 0 Å². The largest absolute Gasteiger partial charge is 0.508 e. The minimum Gasteiger partial charge on any atom is -0.508 e. The minimum atomic E-state index is -0.457. The topological polar surface area (TPSA) is 73.2 Å². The molecule has 1 aromatic heterocycles. The molecule has 7 nitrogen and oxygen atoms in total. The van der Waals surface area contributed by atoms with Gasteiger partial charge in [-0.1, -0.05) is 6.07 Å². The molecule has 3 aromatic rings. The fraction of sp³-hybridized carbons (Fsp3) is 0.375. The fourth-order valence-corrected chi connectivity index (χ4v) is 4.46. The van der Waals surface area contributed by atoms with Gasteiger partial charge in [0.15, 0.2) is 11.5 Å². The maximum Gasteiger partial charge on any atom is 0.340 e. The molecule has 0 bridgehead atoms. The van der Waals surface area contributed by atoms with Gasteiger partial charge in [0, 0.05) is 30.1 Å². The standard InChI is InChI=1S/C24H30N2O5S.ClH/c1-7-31-24(28)21-20-15(13-25(2)3)17(27)10-9-16(20)26(4)22(21)23(32)14-8-11-18(29-5)19(12-14)30-6;/h8-12,23,27,32H,7,13H2,1-6H3;1H. The number of thiol groups is 1. The number of ether oxygens (including phenoxy) is 3. The number of nitrogens with zero attached hydrogens (tertiary/aromatic N) is 2. The summed E-state index contributed by atoms with van der Waals surface area (Å²) in [5.41, 5.74) is 3.41. The molecule has 0 radical (unpaired) electrons. The number of fused-ring (bicyclic) bond motifs is 1. The highest BCUT2D eigenvalue weighted by Crippen LogP contribution is 2.42. The second-order valence-electron chi connectivity index (χ2n) is 7.75. The molecule has 1 unspecified atom stereocenters. The number of aromatic nitrogens is 1. The molecule has 2 aromatic carbocycles. The number of carbonyl (C=O) groups excluding carboxylic acids is 1. The van der Waals surface area contributed by atoms with Crippen molar-refractivity contribution in [1.29, 1.82) is 0 Å². The first-order chi connectivity index (χ1) is 15.2. The summed E-state index contributed by atoms with van der Waals surface area (Å²) >= 11 is 4.90. The second-order valence-corrected chi connectivity index (χ2v) is 8.27. The fourth-order valence-electron chi connectivity index (χ4n) is 4.00. The summed E-state index contributed by atoms with van der Waals surface area (Å²) in [6.07, 6.45) is 0. The van der Waals surface area contributed by atoms with E-state index in [1.54, 1.807) is 27.2 Å². The van der Waals surface area contributed by atoms with Gasteiger partial charge in [0.2, 0.25) is 0 Å². The predicted octanol–water partition coefficient (Wildman–Crippen LogP) is 4.58. The van der Waals surface area contributed by atoms with Crippen molar-refractivity contribution in [1.82, 2.24) is 9.47 Å². The molecule has 0 aliphatic heterocycles. The number of phenolic OH excluding ortho intramolecular Hbond substituents is 1. The molecule has 9 heteroatoms. The molecule has 0 fully saturated rings. The van der Waals surface area contributed by atoms with Gasteiger partial charge < -0.3 is 28.8 Å². The highest BCUT2D eigenvalue weighted by Gasteiger charge is 2.30. The van der Waals surface area contributed by atoms with Crippen molar-refractivity contribution in [2.75, 3.05) is 34.9 Å². The van der Waals surface area contributed by atoms with E-state index < -0.39 is 11.2 Å². The van der Waals surface area contributed by atoms with Crippen LogP contribution in [0, 0.1) is 0 Å². The SMILES string of the molecule is CCOC(=O)c1c(C(S)c2ccc(OC)c(OC)c2)n(C)c2ccc(O)c(CN(C)C)c12.Cl. The van der Waals surface area contributed by atoms with Crippen molar-refractivity contribution < 1.29 is 24.1 Å². The van der Waals surface area contributed by atoms with Crippen LogP contribution in [0.5, 0.6) is 17.2 Å². The molecule has 0 saturated carbocycles. The second kappa shape index (κ2) is 11.0. The van der Waals surface area contributed by atoms with Crippen LogP contribution in [0.3, 0.4) is 0 Å². The molecular weight excluding hydrogens is 464 g/mol. The first kappa shape index (κ1) is 26.7. The van der Waals surface area contributed by atoms with Gasteiger partial charge in [-0.25, -0.2) is 4.79 Å². The van der Waals surface area contributed by atoms with Crippen LogP contribution in [0.2, 0.25) is 0 Å². The van der Waals surface area contributed by atoms with Crippen LogP contribution in [-0.2, 0) is 18.3 Å². The van der Waals surface area contributed by atoms with E-state index in [4.69, 9.17) is 26.8 Å². The molecule has 180 valence electrons. The number of carbonyl (C=O) groups is 1. The predicted molar refractivity (Wildman–Crippen MR) is 136 cm³/mol. The number of halogens is 1. The molecular formula is C24H31ClN2O5S. The minimum absolute atomic E-state index is 0. The summed E-state index contributed by atoms with van der Waals surface area (Å²) in [5, 5.41) is 10.9. The van der Waals surface area contributed by atoms with Crippen molar-refractivity contribution >= 4 is 41.9 Å². The maximum atomic E-state index is 13.2. The highest BCUT2D eigenvalue weighted by atomic mass is 35.5. The third-order valence-electron chi connectivity index (χ3n) is 5.43. The number of hydrogen-bond acceptors (Lipinski definition) is 7. The van der Waals surface area contributed by atoms with Gasteiger partial charge in [-0.15, -0.1) is 12.4 Å². The van der Waals surface area contributed by atoms with Crippen LogP contribution in [0.4, 0.5) is 0 Å². The Kier molecular flexibility index (Phi) is 8.94. The summed E-state index contributed by atoms with van der Waals surface area (Å²) in [5.74, 6) is 0.873. The van der Waals surface area contributed by atoms with Crippen molar-refractivity contribution in [3.05, 3.63) is 52.7 Å². The molecule has 1 heterocycles. The first-order valence-corrected chi connectivity index (χ1v) is 10.8. The van der Waals surface area contributed by atoms with E-state index in [1.165, 1.54) is 0 Å². The van der Waals surface area contributed by atoms with Gasteiger partial charge in [0.05, 0.1) is 37.3 Å². The number of methoxy groups -OCH3 is 2. The van der Waals surface area contributed by atoms with Gasteiger partial charge in [0.25, 0.3) is 0 Å². The number of aromatic hydroxyl groups is 1. The van der Waals surface area contributed by atoms with Crippen molar-refractivity contribution in [2.24, 2.45) is 7.05 Å². The zero-order valence-corrected chi connectivity index (χ0v) is 21.4. The Morgan fingerprint density at radius 1 is 1.15 bits per heavy atom. The normalized spacial score (nSPS) is 11.9. The Morgan fingerprint density at radius 3 is 2.39 bits per heavy atom. The van der Waals surface area contributed by atoms with Crippen molar-refractivity contribution in [2.45, 2.75) is 18.7 Å². The van der Waals surface area contributed by atoms with Crippen LogP contribution in [0.25, 0.3) is 10.9 Å². The number of aryl methyl sites for hydroxylation is 1. The average Bonchev–Trinajstić information content (AvgIpc) is 3.07. The van der Waals surface area contributed by atoms with Crippen LogP contribution < -0.4 is 9.47 Å². The quantitative estimate of drug-likeness (QED) is 0.353. The zero-order chi connectivity index (χ0) is 23.6. The zero-order valence-electron chi connectivity index (χ0n) is 19.7. The summed E-state index contributed by atoms with van der Waals surface area (Å²) in [6, 6.07) is 9.02. The monoisotopic (exact) mass is 494 g/mol. The maximum absolute atomic E-state index is 13.2. The Labute approximate surface area is 206 Å². The van der Waals surface area contributed by atoms with E-state index >= 15 is 0 Å². The summed E-state index contributed by atoms with van der Waals surface area (Å²) in [7, 11) is 8.87. The van der Waals surface area contributed by atoms with Crippen LogP contribution in [0.1, 0.15) is 39.4 Å². The van der Waals surface area contributed by atoms with Crippen LogP contribution >= 0.6 is 25.0 Å². The number of phenols is 1. The lowest BCUT2D eigenvalue weighted by Gasteiger charge is -2.17. The van der Waals surface area contributed by atoms with E-state index in [0.717, 1.165) is 11.1 Å². The van der Waals surface area contributed by atoms with Gasteiger partial charge in [-0.05, 0) is 50.8 Å². The van der Waals surface area contributed by atoms with E-state index in [2.05, 4.69) is 0 Å². The van der Waals surface area contributed by atoms with Crippen molar-refractivity contribution in [3.8, 4) is 17.2 Å². The smallest absolute Gasteiger partial charge is 0.340 e. The number of hydrogen-bond donors (Lipinski definition) is 2. The number of esters is 1. The van der Waals surface area contributed by atoms with Gasteiger partial charge >= 0.3 is 5.97 Å². The van der Waals surface area contributed by atoms with E-state index in [9.17, 15) is 9.90 Å². The third-order valence-corrected chi connectivity index (χ3v) is 5.97. The lowest BCUT2D eigenvalue weighted by atomic mass is 10.00. The summed E-state index contributed by atoms with van der Waals surface area (Å²) in [4.78, 5) is 15.1. The molecule has 0 amide bonds. The van der Waals surface area contributed by atoms with Gasteiger partial charge in [-0.2, -0.15) is 12.6 Å². The Morgan fingerprint density at radius 2 is 1.82 bits per heavy atom. The van der Waals surface area contributed by atoms with E-state index in [1.807, 2.05) is 54.9 Å². The summed E-state index contributed by atoms with van der Waals surface area (Å²) < 4.78 is 18.2. The third kappa shape index (κ3) is 5.03. The first-order valence-electron chi connectivity index (χ1n) is 10.3. The molecule has 0 saturated heterocycles. The molecule has 0 aliphatic carbocycles. The van der Waals surface area contributed by atoms with Gasteiger partial charge in [0.1, 0.15) is 5.75 Å². The lowest BCUT2D eigenvalue weighted by molar-refractivity contribution is 0.0527. The molecule has 0 spiro atoms. The number of benzene rings is 2. The van der Waals surface area contributed by atoms with Crippen LogP contribution in [-0.4, -0.2) is 55.5 Å². The molecule has 1 atom stereocenters. The lowest BCUT2D eigenvalue weighted by Crippen LogP contribution is -2.13. The molecule has 0 aliphatic rings. The number of rotatable bonds is 8. The van der Waals surface area contributed by atoms with E-state index in [-0.39, 0.29) is 24.8 Å². The summed E-state index contributed by atoms with van der Waals surface area (Å²) in [6.45, 7) is 2.48. The highest BCUT2D eigenvalue weighted by molar-refractivity contribution is 7.80. The molecule has 1 N–H and O–H groups in total.